The third-order valence-corrected chi connectivity index (χ3v) is 5.23. The molecule has 142 valence electrons. The number of hydrogen-bond acceptors (Lipinski definition) is 5. The van der Waals surface area contributed by atoms with E-state index in [1.807, 2.05) is 43.3 Å². The van der Waals surface area contributed by atoms with Gasteiger partial charge < -0.3 is 14.5 Å². The van der Waals surface area contributed by atoms with Crippen LogP contribution >= 0.6 is 11.6 Å². The van der Waals surface area contributed by atoms with Gasteiger partial charge in [-0.1, -0.05) is 23.7 Å². The Labute approximate surface area is 165 Å². The van der Waals surface area contributed by atoms with Gasteiger partial charge in [0.25, 0.3) is 0 Å². The van der Waals surface area contributed by atoms with Crippen LogP contribution < -0.4 is 11.0 Å². The Morgan fingerprint density at radius 1 is 1.25 bits per heavy atom. The molecule has 0 aliphatic carbocycles. The van der Waals surface area contributed by atoms with Crippen LogP contribution in [0.2, 0.25) is 5.02 Å². The van der Waals surface area contributed by atoms with Crippen molar-refractivity contribution in [3.05, 3.63) is 63.5 Å². The molecule has 1 aliphatic rings. The predicted molar refractivity (Wildman–Crippen MR) is 110 cm³/mol. The Kier molecular flexibility index (Phi) is 4.10. The Morgan fingerprint density at radius 3 is 2.93 bits per heavy atom. The van der Waals surface area contributed by atoms with Crippen LogP contribution in [0.25, 0.3) is 27.8 Å². The minimum absolute atomic E-state index is 0.0988. The molecule has 1 saturated heterocycles. The SMILES string of the molecule is Cc1cccc(-n2c(=O)nc(NC3CCOC3)c3oc4ccc(Cl)cc4c32)c1. The van der Waals surface area contributed by atoms with Gasteiger partial charge in [-0.05, 0) is 49.2 Å². The summed E-state index contributed by atoms with van der Waals surface area (Å²) in [7, 11) is 0. The molecule has 0 radical (unpaired) electrons. The molecule has 2 aromatic carbocycles. The number of furan rings is 1. The van der Waals surface area contributed by atoms with Crippen LogP contribution in [-0.2, 0) is 4.74 Å². The van der Waals surface area contributed by atoms with Gasteiger partial charge in [0.05, 0.1) is 18.3 Å². The molecule has 0 bridgehead atoms. The molecular weight excluding hydrogens is 378 g/mol. The first-order valence-corrected chi connectivity index (χ1v) is 9.54. The van der Waals surface area contributed by atoms with Gasteiger partial charge in [-0.3, -0.25) is 4.57 Å². The van der Waals surface area contributed by atoms with E-state index in [4.69, 9.17) is 20.8 Å². The van der Waals surface area contributed by atoms with E-state index in [9.17, 15) is 4.79 Å². The molecule has 0 amide bonds. The summed E-state index contributed by atoms with van der Waals surface area (Å²) in [6.45, 7) is 3.26. The quantitative estimate of drug-likeness (QED) is 0.560. The third kappa shape index (κ3) is 2.85. The lowest BCUT2D eigenvalue weighted by atomic mass is 10.2. The van der Waals surface area contributed by atoms with E-state index < -0.39 is 0 Å². The van der Waals surface area contributed by atoms with Crippen molar-refractivity contribution in [3.63, 3.8) is 0 Å². The molecule has 1 aliphatic heterocycles. The van der Waals surface area contributed by atoms with Crippen LogP contribution in [0.5, 0.6) is 0 Å². The lowest BCUT2D eigenvalue weighted by Crippen LogP contribution is -2.26. The number of rotatable bonds is 3. The normalized spacial score (nSPS) is 16.9. The Bertz CT molecular complexity index is 1260. The molecule has 4 aromatic rings. The monoisotopic (exact) mass is 395 g/mol. The molecule has 1 unspecified atom stereocenters. The van der Waals surface area contributed by atoms with E-state index in [0.29, 0.717) is 40.7 Å². The van der Waals surface area contributed by atoms with E-state index in [2.05, 4.69) is 10.3 Å². The molecule has 0 spiro atoms. The maximum Gasteiger partial charge on any atom is 0.354 e. The van der Waals surface area contributed by atoms with Crippen molar-refractivity contribution < 1.29 is 9.15 Å². The second-order valence-corrected chi connectivity index (χ2v) is 7.48. The summed E-state index contributed by atoms with van der Waals surface area (Å²) in [4.78, 5) is 17.4. The van der Waals surface area contributed by atoms with Crippen LogP contribution in [0.15, 0.2) is 51.7 Å². The lowest BCUT2D eigenvalue weighted by Gasteiger charge is -2.14. The molecule has 2 aromatic heterocycles. The van der Waals surface area contributed by atoms with E-state index in [-0.39, 0.29) is 11.7 Å². The maximum absolute atomic E-state index is 13.1. The number of hydrogen-bond donors (Lipinski definition) is 1. The number of aryl methyl sites for hydroxylation is 1. The van der Waals surface area contributed by atoms with Gasteiger partial charge in [0.1, 0.15) is 11.1 Å². The van der Waals surface area contributed by atoms with Gasteiger partial charge in [0, 0.05) is 17.0 Å². The summed E-state index contributed by atoms with van der Waals surface area (Å²) in [6.07, 6.45) is 0.857. The van der Waals surface area contributed by atoms with Gasteiger partial charge >= 0.3 is 5.69 Å². The topological polar surface area (TPSA) is 69.3 Å². The third-order valence-electron chi connectivity index (χ3n) is 4.99. The van der Waals surface area contributed by atoms with E-state index in [1.54, 1.807) is 10.6 Å². The highest BCUT2D eigenvalue weighted by atomic mass is 35.5. The largest absolute Gasteiger partial charge is 0.450 e. The molecule has 0 saturated carbocycles. The summed E-state index contributed by atoms with van der Waals surface area (Å²) in [6, 6.07) is 13.2. The maximum atomic E-state index is 13.1. The van der Waals surface area contributed by atoms with Gasteiger partial charge in [0.2, 0.25) is 0 Å². The Balaban J connectivity index is 1.84. The minimum atomic E-state index is -0.373. The van der Waals surface area contributed by atoms with Crippen molar-refractivity contribution in [1.82, 2.24) is 9.55 Å². The molecule has 6 nitrogen and oxygen atoms in total. The summed E-state index contributed by atoms with van der Waals surface area (Å²) in [5.74, 6) is 0.437. The fourth-order valence-corrected chi connectivity index (χ4v) is 3.85. The fourth-order valence-electron chi connectivity index (χ4n) is 3.68. The van der Waals surface area contributed by atoms with E-state index in [1.165, 1.54) is 0 Å². The first-order chi connectivity index (χ1) is 13.6. The van der Waals surface area contributed by atoms with Crippen molar-refractivity contribution in [3.8, 4) is 5.69 Å². The second-order valence-electron chi connectivity index (χ2n) is 7.04. The number of nitrogens with one attached hydrogen (secondary N) is 1. The molecule has 1 N–H and O–H groups in total. The number of ether oxygens (including phenoxy) is 1. The zero-order chi connectivity index (χ0) is 19.3. The van der Waals surface area contributed by atoms with E-state index >= 15 is 0 Å². The molecule has 5 rings (SSSR count). The van der Waals surface area contributed by atoms with E-state index in [0.717, 1.165) is 23.1 Å². The van der Waals surface area contributed by atoms with Gasteiger partial charge in [-0.25, -0.2) is 4.79 Å². The molecule has 1 fully saturated rings. The Morgan fingerprint density at radius 2 is 2.14 bits per heavy atom. The summed E-state index contributed by atoms with van der Waals surface area (Å²) >= 11 is 6.24. The summed E-state index contributed by atoms with van der Waals surface area (Å²) < 4.78 is 13.1. The average Bonchev–Trinajstić information content (AvgIpc) is 3.30. The number of halogens is 1. The lowest BCUT2D eigenvalue weighted by molar-refractivity contribution is 0.195. The molecule has 1 atom stereocenters. The van der Waals surface area contributed by atoms with Gasteiger partial charge in [-0.2, -0.15) is 4.98 Å². The highest BCUT2D eigenvalue weighted by Gasteiger charge is 2.23. The van der Waals surface area contributed by atoms with Crippen LogP contribution in [-0.4, -0.2) is 28.8 Å². The molecular formula is C21H18ClN3O3. The Hall–Kier alpha value is -2.83. The van der Waals surface area contributed by atoms with Crippen molar-refractivity contribution in [1.29, 1.82) is 0 Å². The first kappa shape index (κ1) is 17.3. The predicted octanol–water partition coefficient (Wildman–Crippen LogP) is 4.29. The number of anilines is 1. The summed E-state index contributed by atoms with van der Waals surface area (Å²) in [5, 5.41) is 4.66. The van der Waals surface area contributed by atoms with Gasteiger partial charge in [0.15, 0.2) is 11.4 Å². The molecule has 28 heavy (non-hydrogen) atoms. The van der Waals surface area contributed by atoms with Crippen LogP contribution in [0.4, 0.5) is 5.82 Å². The highest BCUT2D eigenvalue weighted by molar-refractivity contribution is 6.31. The first-order valence-electron chi connectivity index (χ1n) is 9.16. The van der Waals surface area contributed by atoms with Gasteiger partial charge in [-0.15, -0.1) is 0 Å². The van der Waals surface area contributed by atoms with Crippen LogP contribution in [0.1, 0.15) is 12.0 Å². The number of aromatic nitrogens is 2. The summed E-state index contributed by atoms with van der Waals surface area (Å²) in [5.41, 5.74) is 3.26. The van der Waals surface area contributed by atoms with Crippen molar-refractivity contribution >= 4 is 39.5 Å². The molecule has 7 heteroatoms. The standard InChI is InChI=1S/C21H18ClN3O3/c1-12-3-2-4-15(9-12)25-18-16-10-13(22)5-6-17(16)28-19(18)20(24-21(25)26)23-14-7-8-27-11-14/h2-6,9-10,14H,7-8,11H2,1H3,(H,23,24,26). The number of fused-ring (bicyclic) bond motifs is 3. The fraction of sp³-hybridized carbons (Fsp3) is 0.238. The second kappa shape index (κ2) is 6.65. The van der Waals surface area contributed by atoms with Crippen LogP contribution in [0.3, 0.4) is 0 Å². The minimum Gasteiger partial charge on any atom is -0.450 e. The highest BCUT2D eigenvalue weighted by Crippen LogP contribution is 2.34. The van der Waals surface area contributed by atoms with Crippen molar-refractivity contribution in [2.75, 3.05) is 18.5 Å². The average molecular weight is 396 g/mol. The van der Waals surface area contributed by atoms with Crippen molar-refractivity contribution in [2.24, 2.45) is 0 Å². The zero-order valence-corrected chi connectivity index (χ0v) is 16.0. The zero-order valence-electron chi connectivity index (χ0n) is 15.2. The molecule has 3 heterocycles. The van der Waals surface area contributed by atoms with Crippen molar-refractivity contribution in [2.45, 2.75) is 19.4 Å². The number of benzene rings is 2. The smallest absolute Gasteiger partial charge is 0.354 e. The number of nitrogens with zero attached hydrogens (tertiary/aromatic N) is 2. The van der Waals surface area contributed by atoms with Crippen LogP contribution in [0, 0.1) is 6.92 Å².